The van der Waals surface area contributed by atoms with Crippen LogP contribution in [0.2, 0.25) is 5.02 Å². The molecule has 0 saturated carbocycles. The first-order chi connectivity index (χ1) is 9.61. The SMILES string of the molecule is Cc1ccc(O[C@@H](C)c2nc3ccc(Cl)cc3[nH]2)cc1. The number of benzene rings is 2. The van der Waals surface area contributed by atoms with Crippen LogP contribution in [-0.2, 0) is 0 Å². The van der Waals surface area contributed by atoms with Gasteiger partial charge in [0, 0.05) is 5.02 Å². The number of nitrogens with one attached hydrogen (secondary N) is 1. The minimum Gasteiger partial charge on any atom is -0.483 e. The molecule has 3 aromatic rings. The van der Waals surface area contributed by atoms with E-state index in [4.69, 9.17) is 16.3 Å². The molecule has 0 amide bonds. The summed E-state index contributed by atoms with van der Waals surface area (Å²) in [7, 11) is 0. The van der Waals surface area contributed by atoms with Crippen molar-refractivity contribution in [1.29, 1.82) is 0 Å². The Balaban J connectivity index is 1.84. The number of rotatable bonds is 3. The quantitative estimate of drug-likeness (QED) is 0.760. The number of H-pyrrole nitrogens is 1. The van der Waals surface area contributed by atoms with Crippen LogP contribution in [-0.4, -0.2) is 9.97 Å². The molecule has 0 aliphatic rings. The number of aromatic nitrogens is 2. The molecule has 0 unspecified atom stereocenters. The van der Waals surface area contributed by atoms with Gasteiger partial charge in [-0.25, -0.2) is 4.98 Å². The standard InChI is InChI=1S/C16H15ClN2O/c1-10-3-6-13(7-4-10)20-11(2)16-18-14-8-5-12(17)9-15(14)19-16/h3-9,11H,1-2H3,(H,18,19)/t11-/m0/s1. The third-order valence-corrected chi connectivity index (χ3v) is 3.42. The smallest absolute Gasteiger partial charge is 0.153 e. The Bertz CT molecular complexity index is 734. The van der Waals surface area contributed by atoms with Crippen LogP contribution in [0, 0.1) is 6.92 Å². The van der Waals surface area contributed by atoms with Crippen LogP contribution in [0.25, 0.3) is 11.0 Å². The highest BCUT2D eigenvalue weighted by Gasteiger charge is 2.12. The number of fused-ring (bicyclic) bond motifs is 1. The van der Waals surface area contributed by atoms with E-state index in [1.54, 1.807) is 0 Å². The molecule has 3 rings (SSSR count). The summed E-state index contributed by atoms with van der Waals surface area (Å²) in [4.78, 5) is 7.78. The first-order valence-electron chi connectivity index (χ1n) is 6.50. The Morgan fingerprint density at radius 2 is 1.90 bits per heavy atom. The third-order valence-electron chi connectivity index (χ3n) is 3.18. The van der Waals surface area contributed by atoms with Crippen molar-refractivity contribution in [2.24, 2.45) is 0 Å². The molecule has 1 atom stereocenters. The van der Waals surface area contributed by atoms with E-state index in [2.05, 4.69) is 16.9 Å². The lowest BCUT2D eigenvalue weighted by Crippen LogP contribution is -2.04. The Morgan fingerprint density at radius 1 is 1.15 bits per heavy atom. The predicted molar refractivity (Wildman–Crippen MR) is 81.3 cm³/mol. The van der Waals surface area contributed by atoms with Crippen LogP contribution in [0.1, 0.15) is 24.4 Å². The molecule has 1 N–H and O–H groups in total. The van der Waals surface area contributed by atoms with Gasteiger partial charge in [0.1, 0.15) is 11.6 Å². The van der Waals surface area contributed by atoms with E-state index in [0.29, 0.717) is 5.02 Å². The molecule has 0 saturated heterocycles. The zero-order valence-corrected chi connectivity index (χ0v) is 12.1. The summed E-state index contributed by atoms with van der Waals surface area (Å²) in [5.41, 5.74) is 3.03. The van der Waals surface area contributed by atoms with Gasteiger partial charge in [-0.3, -0.25) is 0 Å². The van der Waals surface area contributed by atoms with E-state index >= 15 is 0 Å². The number of nitrogens with zero attached hydrogens (tertiary/aromatic N) is 1. The molecule has 0 fully saturated rings. The highest BCUT2D eigenvalue weighted by atomic mass is 35.5. The van der Waals surface area contributed by atoms with Crippen molar-refractivity contribution >= 4 is 22.6 Å². The molecule has 2 aromatic carbocycles. The average Bonchev–Trinajstić information content (AvgIpc) is 2.84. The Labute approximate surface area is 122 Å². The fraction of sp³-hybridized carbons (Fsp3) is 0.188. The van der Waals surface area contributed by atoms with Gasteiger partial charge in [0.25, 0.3) is 0 Å². The lowest BCUT2D eigenvalue weighted by molar-refractivity contribution is 0.218. The van der Waals surface area contributed by atoms with Crippen LogP contribution in [0.3, 0.4) is 0 Å². The molecule has 0 spiro atoms. The third kappa shape index (κ3) is 2.63. The number of aryl methyl sites for hydroxylation is 1. The highest BCUT2D eigenvalue weighted by Crippen LogP contribution is 2.23. The molecule has 1 heterocycles. The zero-order valence-electron chi connectivity index (χ0n) is 11.4. The van der Waals surface area contributed by atoms with Crippen LogP contribution < -0.4 is 4.74 Å². The summed E-state index contributed by atoms with van der Waals surface area (Å²) in [6, 6.07) is 13.6. The number of imidazole rings is 1. The Kier molecular flexibility index (Phi) is 3.36. The van der Waals surface area contributed by atoms with Gasteiger partial charge in [0.05, 0.1) is 11.0 Å². The molecule has 102 valence electrons. The summed E-state index contributed by atoms with van der Waals surface area (Å²) < 4.78 is 5.89. The van der Waals surface area contributed by atoms with E-state index in [1.165, 1.54) is 5.56 Å². The van der Waals surface area contributed by atoms with Crippen molar-refractivity contribution in [2.45, 2.75) is 20.0 Å². The van der Waals surface area contributed by atoms with Gasteiger partial charge in [0.15, 0.2) is 6.10 Å². The average molecular weight is 287 g/mol. The van der Waals surface area contributed by atoms with Crippen molar-refractivity contribution in [1.82, 2.24) is 9.97 Å². The predicted octanol–water partition coefficient (Wildman–Crippen LogP) is 4.66. The molecule has 3 nitrogen and oxygen atoms in total. The summed E-state index contributed by atoms with van der Waals surface area (Å²) in [5, 5.41) is 0.694. The molecular formula is C16H15ClN2O. The van der Waals surface area contributed by atoms with E-state index in [9.17, 15) is 0 Å². The summed E-state index contributed by atoms with van der Waals surface area (Å²) in [6.45, 7) is 4.02. The van der Waals surface area contributed by atoms with E-state index in [0.717, 1.165) is 22.6 Å². The van der Waals surface area contributed by atoms with Crippen molar-refractivity contribution in [2.75, 3.05) is 0 Å². The number of hydrogen-bond acceptors (Lipinski definition) is 2. The lowest BCUT2D eigenvalue weighted by atomic mass is 10.2. The van der Waals surface area contributed by atoms with Crippen molar-refractivity contribution in [3.05, 3.63) is 58.9 Å². The fourth-order valence-corrected chi connectivity index (χ4v) is 2.24. The van der Waals surface area contributed by atoms with Gasteiger partial charge in [-0.05, 0) is 44.2 Å². The monoisotopic (exact) mass is 286 g/mol. The Hall–Kier alpha value is -2.00. The van der Waals surface area contributed by atoms with E-state index in [-0.39, 0.29) is 6.10 Å². The van der Waals surface area contributed by atoms with Crippen LogP contribution in [0.5, 0.6) is 5.75 Å². The van der Waals surface area contributed by atoms with Crippen molar-refractivity contribution in [3.8, 4) is 5.75 Å². The van der Waals surface area contributed by atoms with E-state index < -0.39 is 0 Å². The number of halogens is 1. The van der Waals surface area contributed by atoms with Crippen LogP contribution in [0.15, 0.2) is 42.5 Å². The number of aromatic amines is 1. The second-order valence-corrected chi connectivity index (χ2v) is 5.29. The van der Waals surface area contributed by atoms with Crippen molar-refractivity contribution in [3.63, 3.8) is 0 Å². The zero-order chi connectivity index (χ0) is 14.1. The minimum atomic E-state index is -0.149. The van der Waals surface area contributed by atoms with Crippen molar-refractivity contribution < 1.29 is 4.74 Å². The van der Waals surface area contributed by atoms with E-state index in [1.807, 2.05) is 49.4 Å². The van der Waals surface area contributed by atoms with Gasteiger partial charge in [-0.1, -0.05) is 29.3 Å². The molecule has 20 heavy (non-hydrogen) atoms. The minimum absolute atomic E-state index is 0.149. The summed E-state index contributed by atoms with van der Waals surface area (Å²) in [5.74, 6) is 1.63. The molecule has 0 radical (unpaired) electrons. The van der Waals surface area contributed by atoms with Gasteiger partial charge < -0.3 is 9.72 Å². The topological polar surface area (TPSA) is 37.9 Å². The lowest BCUT2D eigenvalue weighted by Gasteiger charge is -2.12. The second-order valence-electron chi connectivity index (χ2n) is 4.86. The number of ether oxygens (including phenoxy) is 1. The van der Waals surface area contributed by atoms with Gasteiger partial charge in [0.2, 0.25) is 0 Å². The maximum atomic E-state index is 5.97. The fourth-order valence-electron chi connectivity index (χ4n) is 2.07. The molecule has 0 bridgehead atoms. The largest absolute Gasteiger partial charge is 0.483 e. The van der Waals surface area contributed by atoms with Crippen LogP contribution >= 0.6 is 11.6 Å². The molecule has 0 aliphatic heterocycles. The Morgan fingerprint density at radius 3 is 2.65 bits per heavy atom. The molecule has 4 heteroatoms. The molecule has 0 aliphatic carbocycles. The van der Waals surface area contributed by atoms with Gasteiger partial charge >= 0.3 is 0 Å². The second kappa shape index (κ2) is 5.17. The van der Waals surface area contributed by atoms with Gasteiger partial charge in [-0.2, -0.15) is 0 Å². The first-order valence-corrected chi connectivity index (χ1v) is 6.88. The normalized spacial score (nSPS) is 12.6. The van der Waals surface area contributed by atoms with Gasteiger partial charge in [-0.15, -0.1) is 0 Å². The molecular weight excluding hydrogens is 272 g/mol. The highest BCUT2D eigenvalue weighted by molar-refractivity contribution is 6.31. The number of hydrogen-bond donors (Lipinski definition) is 1. The first kappa shape index (κ1) is 13.0. The van der Waals surface area contributed by atoms with Crippen LogP contribution in [0.4, 0.5) is 0 Å². The maximum Gasteiger partial charge on any atom is 0.153 e. The summed E-state index contributed by atoms with van der Waals surface area (Å²) >= 11 is 5.97. The molecule has 1 aromatic heterocycles. The summed E-state index contributed by atoms with van der Waals surface area (Å²) in [6.07, 6.45) is -0.149. The maximum absolute atomic E-state index is 5.97.